The van der Waals surface area contributed by atoms with E-state index in [9.17, 15) is 15.0 Å². The minimum atomic E-state index is -1.55. The molecule has 0 spiro atoms. The van der Waals surface area contributed by atoms with Crippen molar-refractivity contribution in [2.75, 3.05) is 0 Å². The topological polar surface area (TPSA) is 66.8 Å². The molecule has 4 nitrogen and oxygen atoms in total. The molecule has 0 saturated heterocycles. The SMILES string of the molecule is O=C1c2cccc(OCc3ccccc3)c2C(O)(Cc2ccccc2)c2cccc(O)c21. The van der Waals surface area contributed by atoms with E-state index in [4.69, 9.17) is 4.74 Å². The predicted octanol–water partition coefficient (Wildman–Crippen LogP) is 4.99. The first-order valence-corrected chi connectivity index (χ1v) is 10.5. The Morgan fingerprint density at radius 1 is 0.750 bits per heavy atom. The zero-order valence-corrected chi connectivity index (χ0v) is 17.4. The van der Waals surface area contributed by atoms with Gasteiger partial charge in [-0.05, 0) is 23.3 Å². The molecule has 0 heterocycles. The summed E-state index contributed by atoms with van der Waals surface area (Å²) in [6, 6.07) is 29.4. The first-order valence-electron chi connectivity index (χ1n) is 10.5. The third-order valence-electron chi connectivity index (χ3n) is 5.94. The molecule has 1 aliphatic carbocycles. The molecule has 0 aromatic heterocycles. The molecule has 5 rings (SSSR count). The largest absolute Gasteiger partial charge is 0.507 e. The Balaban J connectivity index is 1.67. The molecule has 1 atom stereocenters. The number of phenolic OH excluding ortho intramolecular Hbond substituents is 1. The number of aromatic hydroxyl groups is 1. The average molecular weight is 422 g/mol. The molecular formula is C28H22O4. The van der Waals surface area contributed by atoms with Crippen LogP contribution in [0.1, 0.15) is 38.2 Å². The minimum Gasteiger partial charge on any atom is -0.507 e. The highest BCUT2D eigenvalue weighted by Crippen LogP contribution is 2.48. The first-order chi connectivity index (χ1) is 15.6. The lowest BCUT2D eigenvalue weighted by atomic mass is 9.71. The van der Waals surface area contributed by atoms with Crippen molar-refractivity contribution in [1.29, 1.82) is 0 Å². The van der Waals surface area contributed by atoms with E-state index in [1.165, 1.54) is 6.07 Å². The predicted molar refractivity (Wildman–Crippen MR) is 122 cm³/mol. The van der Waals surface area contributed by atoms with Crippen LogP contribution in [0, 0.1) is 0 Å². The molecule has 0 bridgehead atoms. The lowest BCUT2D eigenvalue weighted by Crippen LogP contribution is -2.38. The van der Waals surface area contributed by atoms with Crippen molar-refractivity contribution in [2.45, 2.75) is 18.6 Å². The molecule has 1 aliphatic rings. The van der Waals surface area contributed by atoms with E-state index < -0.39 is 5.60 Å². The normalized spacial score (nSPS) is 16.8. The molecule has 0 saturated carbocycles. The third-order valence-corrected chi connectivity index (χ3v) is 5.94. The third kappa shape index (κ3) is 3.35. The number of hydrogen-bond donors (Lipinski definition) is 2. The van der Waals surface area contributed by atoms with Gasteiger partial charge < -0.3 is 14.9 Å². The van der Waals surface area contributed by atoms with E-state index in [0.29, 0.717) is 29.0 Å². The van der Waals surface area contributed by atoms with E-state index in [-0.39, 0.29) is 23.5 Å². The Hall–Kier alpha value is -3.89. The molecule has 4 heteroatoms. The standard InChI is InChI=1S/C28H22O4/c29-23-15-8-14-22-25(23)27(30)21-13-7-16-24(32-18-20-11-5-2-6-12-20)26(21)28(22,31)17-19-9-3-1-4-10-19/h1-16,29,31H,17-18H2. The van der Waals surface area contributed by atoms with Crippen LogP contribution in [0.25, 0.3) is 0 Å². The smallest absolute Gasteiger partial charge is 0.197 e. The van der Waals surface area contributed by atoms with Gasteiger partial charge in [0.25, 0.3) is 0 Å². The van der Waals surface area contributed by atoms with Crippen LogP contribution in [0.15, 0.2) is 97.1 Å². The Labute approximate surface area is 186 Å². The highest BCUT2D eigenvalue weighted by atomic mass is 16.5. The van der Waals surface area contributed by atoms with Gasteiger partial charge in [0.2, 0.25) is 0 Å². The summed E-state index contributed by atoms with van der Waals surface area (Å²) in [6.07, 6.45) is 0.232. The van der Waals surface area contributed by atoms with E-state index in [1.54, 1.807) is 30.3 Å². The van der Waals surface area contributed by atoms with Gasteiger partial charge in [-0.1, -0.05) is 84.9 Å². The van der Waals surface area contributed by atoms with Crippen LogP contribution < -0.4 is 4.74 Å². The summed E-state index contributed by atoms with van der Waals surface area (Å²) < 4.78 is 6.14. The van der Waals surface area contributed by atoms with Crippen LogP contribution in [0.3, 0.4) is 0 Å². The number of aliphatic hydroxyl groups is 1. The number of fused-ring (bicyclic) bond motifs is 2. The van der Waals surface area contributed by atoms with Crippen LogP contribution >= 0.6 is 0 Å². The van der Waals surface area contributed by atoms with Crippen molar-refractivity contribution in [3.8, 4) is 11.5 Å². The van der Waals surface area contributed by atoms with Gasteiger partial charge in [0, 0.05) is 23.1 Å². The van der Waals surface area contributed by atoms with Gasteiger partial charge >= 0.3 is 0 Å². The Morgan fingerprint density at radius 2 is 1.41 bits per heavy atom. The van der Waals surface area contributed by atoms with Crippen LogP contribution in [-0.2, 0) is 18.6 Å². The number of phenols is 1. The fourth-order valence-corrected chi connectivity index (χ4v) is 4.47. The number of hydrogen-bond acceptors (Lipinski definition) is 4. The van der Waals surface area contributed by atoms with Gasteiger partial charge in [0.1, 0.15) is 23.7 Å². The average Bonchev–Trinajstić information content (AvgIpc) is 2.82. The summed E-state index contributed by atoms with van der Waals surface area (Å²) in [5.74, 6) is -0.0108. The molecule has 4 aromatic carbocycles. The minimum absolute atomic E-state index is 0.138. The van der Waals surface area contributed by atoms with E-state index in [0.717, 1.165) is 11.1 Å². The molecule has 0 aliphatic heterocycles. The van der Waals surface area contributed by atoms with Gasteiger partial charge in [-0.25, -0.2) is 0 Å². The highest BCUT2D eigenvalue weighted by molar-refractivity contribution is 6.15. The summed E-state index contributed by atoms with van der Waals surface area (Å²) in [7, 11) is 0. The Kier molecular flexibility index (Phi) is 5.00. The molecule has 1 unspecified atom stereocenters. The second kappa shape index (κ2) is 7.98. The summed E-state index contributed by atoms with van der Waals surface area (Å²) >= 11 is 0. The zero-order valence-electron chi connectivity index (χ0n) is 17.4. The molecule has 0 amide bonds. The fourth-order valence-electron chi connectivity index (χ4n) is 4.47. The van der Waals surface area contributed by atoms with Crippen molar-refractivity contribution in [2.24, 2.45) is 0 Å². The number of ketones is 1. The second-order valence-electron chi connectivity index (χ2n) is 8.00. The number of benzene rings is 4. The monoisotopic (exact) mass is 422 g/mol. The molecule has 2 N–H and O–H groups in total. The zero-order chi connectivity index (χ0) is 22.1. The number of carbonyl (C=O) groups is 1. The Bertz CT molecular complexity index is 1280. The van der Waals surface area contributed by atoms with Crippen molar-refractivity contribution in [3.05, 3.63) is 130 Å². The molecule has 0 fully saturated rings. The maximum atomic E-state index is 13.4. The van der Waals surface area contributed by atoms with Crippen LogP contribution in [0.4, 0.5) is 0 Å². The van der Waals surface area contributed by atoms with Gasteiger partial charge in [0.05, 0.1) is 5.56 Å². The van der Waals surface area contributed by atoms with Crippen LogP contribution in [0.2, 0.25) is 0 Å². The highest BCUT2D eigenvalue weighted by Gasteiger charge is 2.45. The molecular weight excluding hydrogens is 400 g/mol. The number of ether oxygens (including phenoxy) is 1. The number of carbonyl (C=O) groups excluding carboxylic acids is 1. The summed E-state index contributed by atoms with van der Waals surface area (Å²) in [6.45, 7) is 0.305. The van der Waals surface area contributed by atoms with E-state index >= 15 is 0 Å². The van der Waals surface area contributed by atoms with Crippen molar-refractivity contribution >= 4 is 5.78 Å². The fraction of sp³-hybridized carbons (Fsp3) is 0.107. The maximum absolute atomic E-state index is 13.4. The van der Waals surface area contributed by atoms with Gasteiger partial charge in [0.15, 0.2) is 5.78 Å². The van der Waals surface area contributed by atoms with Crippen LogP contribution in [0.5, 0.6) is 11.5 Å². The van der Waals surface area contributed by atoms with Crippen molar-refractivity contribution in [3.63, 3.8) is 0 Å². The van der Waals surface area contributed by atoms with Crippen molar-refractivity contribution in [1.82, 2.24) is 0 Å². The number of rotatable bonds is 5. The lowest BCUT2D eigenvalue weighted by Gasteiger charge is -2.37. The van der Waals surface area contributed by atoms with Gasteiger partial charge in [-0.2, -0.15) is 0 Å². The van der Waals surface area contributed by atoms with E-state index in [2.05, 4.69) is 0 Å². The van der Waals surface area contributed by atoms with Crippen molar-refractivity contribution < 1.29 is 19.7 Å². The molecule has 4 aromatic rings. The summed E-state index contributed by atoms with van der Waals surface area (Å²) in [5.41, 5.74) is 1.63. The van der Waals surface area contributed by atoms with E-state index in [1.807, 2.05) is 60.7 Å². The summed E-state index contributed by atoms with van der Waals surface area (Å²) in [4.78, 5) is 13.4. The summed E-state index contributed by atoms with van der Waals surface area (Å²) in [5, 5.41) is 22.7. The lowest BCUT2D eigenvalue weighted by molar-refractivity contribution is 0.0680. The molecule has 32 heavy (non-hydrogen) atoms. The quantitative estimate of drug-likeness (QED) is 0.475. The molecule has 0 radical (unpaired) electrons. The van der Waals surface area contributed by atoms with Gasteiger partial charge in [-0.3, -0.25) is 4.79 Å². The first kappa shape index (κ1) is 20.0. The van der Waals surface area contributed by atoms with Gasteiger partial charge in [-0.15, -0.1) is 0 Å². The Morgan fingerprint density at radius 3 is 2.12 bits per heavy atom. The second-order valence-corrected chi connectivity index (χ2v) is 8.00. The van der Waals surface area contributed by atoms with Crippen LogP contribution in [-0.4, -0.2) is 16.0 Å². The molecule has 158 valence electrons. The maximum Gasteiger partial charge on any atom is 0.197 e.